The molecular formula is C15H12O7. The summed E-state index contributed by atoms with van der Waals surface area (Å²) in [6.07, 6.45) is -2.84. The number of aromatic hydroxyl groups is 4. The molecule has 0 spiro atoms. The molecule has 2 aromatic carbocycles. The van der Waals surface area contributed by atoms with Gasteiger partial charge in [0.2, 0.25) is 11.5 Å². The van der Waals surface area contributed by atoms with Gasteiger partial charge in [0.15, 0.2) is 29.1 Å². The largest absolute Gasteiger partial charge is 0.504 e. The maximum Gasteiger partial charge on any atom is 0.210 e. The molecule has 1 heterocycles. The van der Waals surface area contributed by atoms with Crippen molar-refractivity contribution in [3.63, 3.8) is 0 Å². The smallest absolute Gasteiger partial charge is 0.210 e. The lowest BCUT2D eigenvalue weighted by molar-refractivity contribution is -0.137. The molecule has 5 N–H and O–H groups in total. The Morgan fingerprint density at radius 1 is 0.909 bits per heavy atom. The number of carbonyl (C=O) groups excluding carboxylic acids is 1. The van der Waals surface area contributed by atoms with Crippen molar-refractivity contribution in [1.29, 1.82) is 0 Å². The van der Waals surface area contributed by atoms with Crippen molar-refractivity contribution in [2.24, 2.45) is 0 Å². The fourth-order valence-corrected chi connectivity index (χ4v) is 2.32. The Kier molecular flexibility index (Phi) is 3.07. The SMILES string of the molecule is O=C1C(O)c2ccc(O)c(O)c2OC1c1ccc(O)c(O)c1. The van der Waals surface area contributed by atoms with Crippen molar-refractivity contribution in [3.05, 3.63) is 41.5 Å². The number of ether oxygens (including phenoxy) is 1. The Hall–Kier alpha value is -2.93. The van der Waals surface area contributed by atoms with E-state index in [0.29, 0.717) is 0 Å². The van der Waals surface area contributed by atoms with Crippen LogP contribution in [0.2, 0.25) is 0 Å². The fourth-order valence-electron chi connectivity index (χ4n) is 2.32. The standard InChI is InChI=1S/C15H12O7/c16-8-3-1-6(5-10(8)18)14-13(21)11(19)7-2-4-9(17)12(20)15(7)22-14/h1-5,11,14,16-20H. The quantitative estimate of drug-likeness (QED) is 0.501. The Balaban J connectivity index is 2.09. The molecule has 0 amide bonds. The van der Waals surface area contributed by atoms with Crippen molar-refractivity contribution in [1.82, 2.24) is 0 Å². The average Bonchev–Trinajstić information content (AvgIpc) is 2.49. The van der Waals surface area contributed by atoms with Gasteiger partial charge in [-0.3, -0.25) is 4.79 Å². The van der Waals surface area contributed by atoms with Gasteiger partial charge in [0.05, 0.1) is 0 Å². The molecule has 0 fully saturated rings. The number of ketones is 1. The predicted molar refractivity (Wildman–Crippen MR) is 72.9 cm³/mol. The van der Waals surface area contributed by atoms with E-state index in [1.165, 1.54) is 18.2 Å². The lowest BCUT2D eigenvalue weighted by Crippen LogP contribution is -2.30. The van der Waals surface area contributed by atoms with Crippen molar-refractivity contribution in [2.75, 3.05) is 0 Å². The molecule has 2 aromatic rings. The molecule has 0 aromatic heterocycles. The van der Waals surface area contributed by atoms with E-state index < -0.39 is 35.2 Å². The minimum atomic E-state index is -1.55. The molecule has 0 bridgehead atoms. The van der Waals surface area contributed by atoms with Gasteiger partial charge < -0.3 is 30.3 Å². The summed E-state index contributed by atoms with van der Waals surface area (Å²) in [7, 11) is 0. The summed E-state index contributed by atoms with van der Waals surface area (Å²) in [6.45, 7) is 0. The van der Waals surface area contributed by atoms with E-state index in [1.807, 2.05) is 0 Å². The summed E-state index contributed by atoms with van der Waals surface area (Å²) in [5.41, 5.74) is 0.229. The summed E-state index contributed by atoms with van der Waals surface area (Å²) in [6, 6.07) is 6.05. The Morgan fingerprint density at radius 3 is 2.27 bits per heavy atom. The minimum absolute atomic E-state index is 0.0413. The van der Waals surface area contributed by atoms with Crippen LogP contribution in [0.4, 0.5) is 0 Å². The van der Waals surface area contributed by atoms with Crippen LogP contribution >= 0.6 is 0 Å². The van der Waals surface area contributed by atoms with E-state index >= 15 is 0 Å². The molecule has 7 nitrogen and oxygen atoms in total. The molecule has 7 heteroatoms. The number of hydrogen-bond acceptors (Lipinski definition) is 7. The Bertz CT molecular complexity index is 769. The lowest BCUT2D eigenvalue weighted by Gasteiger charge is -2.29. The van der Waals surface area contributed by atoms with Crippen LogP contribution in [0.15, 0.2) is 30.3 Å². The van der Waals surface area contributed by atoms with Gasteiger partial charge in [-0.1, -0.05) is 6.07 Å². The van der Waals surface area contributed by atoms with Crippen molar-refractivity contribution < 1.29 is 35.1 Å². The highest BCUT2D eigenvalue weighted by atomic mass is 16.5. The first kappa shape index (κ1) is 14.0. The maximum atomic E-state index is 12.2. The van der Waals surface area contributed by atoms with E-state index in [1.54, 1.807) is 0 Å². The predicted octanol–water partition coefficient (Wildman–Crippen LogP) is 1.25. The molecule has 1 aliphatic heterocycles. The van der Waals surface area contributed by atoms with Gasteiger partial charge in [-0.05, 0) is 24.3 Å². The molecular weight excluding hydrogens is 292 g/mol. The first-order chi connectivity index (χ1) is 10.4. The van der Waals surface area contributed by atoms with Gasteiger partial charge in [-0.2, -0.15) is 0 Å². The topological polar surface area (TPSA) is 127 Å². The second kappa shape index (κ2) is 4.81. The van der Waals surface area contributed by atoms with Crippen molar-refractivity contribution in [2.45, 2.75) is 12.2 Å². The summed E-state index contributed by atoms with van der Waals surface area (Å²) in [5.74, 6) is -2.75. The summed E-state index contributed by atoms with van der Waals surface area (Å²) in [4.78, 5) is 12.2. The second-order valence-electron chi connectivity index (χ2n) is 4.90. The van der Waals surface area contributed by atoms with Gasteiger partial charge in [-0.25, -0.2) is 0 Å². The lowest BCUT2D eigenvalue weighted by atomic mass is 9.93. The van der Waals surface area contributed by atoms with Gasteiger partial charge in [0, 0.05) is 11.1 Å². The number of Topliss-reactive ketones (excluding diaryl/α,β-unsaturated/α-hetero) is 1. The Morgan fingerprint density at radius 2 is 1.59 bits per heavy atom. The number of phenolic OH excluding ortho intramolecular Hbond substituents is 4. The number of hydrogen-bond donors (Lipinski definition) is 5. The third kappa shape index (κ3) is 1.99. The number of rotatable bonds is 1. The monoisotopic (exact) mass is 304 g/mol. The molecule has 1 aliphatic rings. The summed E-state index contributed by atoms with van der Waals surface area (Å²) >= 11 is 0. The number of aliphatic hydroxyl groups excluding tert-OH is 1. The van der Waals surface area contributed by atoms with Gasteiger partial charge >= 0.3 is 0 Å². The van der Waals surface area contributed by atoms with Crippen LogP contribution in [0.3, 0.4) is 0 Å². The number of aliphatic hydroxyl groups is 1. The molecule has 2 atom stereocenters. The van der Waals surface area contributed by atoms with Crippen LogP contribution in [0.5, 0.6) is 28.7 Å². The van der Waals surface area contributed by atoms with Crippen LogP contribution in [0, 0.1) is 0 Å². The van der Waals surface area contributed by atoms with Crippen LogP contribution < -0.4 is 4.74 Å². The zero-order chi connectivity index (χ0) is 16.0. The number of fused-ring (bicyclic) bond motifs is 1. The summed E-state index contributed by atoms with van der Waals surface area (Å²) in [5, 5.41) is 48.2. The van der Waals surface area contributed by atoms with Gasteiger partial charge in [0.25, 0.3) is 0 Å². The molecule has 0 radical (unpaired) electrons. The van der Waals surface area contributed by atoms with E-state index in [2.05, 4.69) is 0 Å². The molecule has 0 aliphatic carbocycles. The fraction of sp³-hybridized carbons (Fsp3) is 0.133. The van der Waals surface area contributed by atoms with Gasteiger partial charge in [0.1, 0.15) is 6.10 Å². The second-order valence-corrected chi connectivity index (χ2v) is 4.90. The zero-order valence-corrected chi connectivity index (χ0v) is 11.1. The van der Waals surface area contributed by atoms with E-state index in [-0.39, 0.29) is 22.6 Å². The molecule has 3 rings (SSSR count). The maximum absolute atomic E-state index is 12.2. The first-order valence-electron chi connectivity index (χ1n) is 6.35. The zero-order valence-electron chi connectivity index (χ0n) is 11.1. The molecule has 0 saturated carbocycles. The molecule has 0 saturated heterocycles. The van der Waals surface area contributed by atoms with Crippen LogP contribution in [-0.4, -0.2) is 31.3 Å². The highest BCUT2D eigenvalue weighted by molar-refractivity contribution is 5.92. The molecule has 2 unspecified atom stereocenters. The number of benzene rings is 2. The first-order valence-corrected chi connectivity index (χ1v) is 6.35. The minimum Gasteiger partial charge on any atom is -0.504 e. The third-order valence-electron chi connectivity index (χ3n) is 3.50. The van der Waals surface area contributed by atoms with Gasteiger partial charge in [-0.15, -0.1) is 0 Å². The Labute approximate surface area is 124 Å². The third-order valence-corrected chi connectivity index (χ3v) is 3.50. The van der Waals surface area contributed by atoms with E-state index in [0.717, 1.165) is 12.1 Å². The molecule has 22 heavy (non-hydrogen) atoms. The number of carbonyl (C=O) groups is 1. The van der Waals surface area contributed by atoms with E-state index in [4.69, 9.17) is 4.74 Å². The summed E-state index contributed by atoms with van der Waals surface area (Å²) < 4.78 is 5.39. The normalized spacial score (nSPS) is 20.3. The van der Waals surface area contributed by atoms with Crippen molar-refractivity contribution in [3.8, 4) is 28.7 Å². The van der Waals surface area contributed by atoms with Crippen LogP contribution in [-0.2, 0) is 4.79 Å². The van der Waals surface area contributed by atoms with Crippen LogP contribution in [0.25, 0.3) is 0 Å². The molecule has 114 valence electrons. The van der Waals surface area contributed by atoms with E-state index in [9.17, 15) is 30.3 Å². The average molecular weight is 304 g/mol. The number of phenols is 4. The highest BCUT2D eigenvalue weighted by Gasteiger charge is 2.39. The van der Waals surface area contributed by atoms with Crippen molar-refractivity contribution >= 4 is 5.78 Å². The van der Waals surface area contributed by atoms with Crippen LogP contribution in [0.1, 0.15) is 23.3 Å². The highest BCUT2D eigenvalue weighted by Crippen LogP contribution is 2.47.